The predicted molar refractivity (Wildman–Crippen MR) is 155 cm³/mol. The van der Waals surface area contributed by atoms with Crippen LogP contribution in [0.25, 0.3) is 5.65 Å². The molecule has 3 aromatic heterocycles. The number of anilines is 2. The van der Waals surface area contributed by atoms with E-state index >= 15 is 0 Å². The van der Waals surface area contributed by atoms with Crippen LogP contribution in [-0.4, -0.2) is 96.8 Å². The number of aryl methyl sites for hydroxylation is 1. The average Bonchev–Trinajstić information content (AvgIpc) is 3.31. The summed E-state index contributed by atoms with van der Waals surface area (Å²) in [5, 5.41) is 14.0. The summed E-state index contributed by atoms with van der Waals surface area (Å²) in [6.45, 7) is 12.5. The zero-order chi connectivity index (χ0) is 29.7. The summed E-state index contributed by atoms with van der Waals surface area (Å²) >= 11 is 0. The minimum atomic E-state index is -1.07. The molecule has 13 heteroatoms. The molecule has 41 heavy (non-hydrogen) atoms. The minimum absolute atomic E-state index is 0.0208. The second kappa shape index (κ2) is 13.0. The van der Waals surface area contributed by atoms with Crippen LogP contribution in [0, 0.1) is 12.8 Å². The number of imidazole rings is 1. The standard InChI is InChI=1S/C28H41N9O4/c1-6-7-20(5)41-27-32-24(29)26-31-15-22(37(26)33-27)13-21-12-19(4)25(30-14-21)35-10-8-34(9-11-35)23(38)17-36(28(39)40)16-18(2)3/h12,14-15,18,20H,6-11,13,16-17H2,1-5H3,(H,39,40)(H2,29,32,33). The van der Waals surface area contributed by atoms with E-state index in [0.29, 0.717) is 44.8 Å². The molecule has 1 unspecified atom stereocenters. The lowest BCUT2D eigenvalue weighted by molar-refractivity contribution is -0.132. The number of rotatable bonds is 11. The molecule has 0 aromatic carbocycles. The lowest BCUT2D eigenvalue weighted by atomic mass is 10.1. The fourth-order valence-corrected chi connectivity index (χ4v) is 5.09. The normalized spacial score (nSPS) is 14.5. The van der Waals surface area contributed by atoms with Crippen LogP contribution in [0.4, 0.5) is 16.4 Å². The first-order chi connectivity index (χ1) is 19.5. The number of nitrogens with two attached hydrogens (primary N) is 1. The van der Waals surface area contributed by atoms with E-state index in [0.717, 1.165) is 35.5 Å². The molecule has 4 rings (SSSR count). The van der Waals surface area contributed by atoms with E-state index in [9.17, 15) is 14.7 Å². The Morgan fingerprint density at radius 2 is 1.88 bits per heavy atom. The van der Waals surface area contributed by atoms with Gasteiger partial charge in [-0.1, -0.05) is 33.3 Å². The number of nitrogens with zero attached hydrogens (tertiary/aromatic N) is 8. The molecule has 1 aliphatic rings. The molecule has 0 aliphatic carbocycles. The number of hydrogen-bond acceptors (Lipinski definition) is 9. The highest BCUT2D eigenvalue weighted by Crippen LogP contribution is 2.23. The van der Waals surface area contributed by atoms with Gasteiger partial charge in [0.1, 0.15) is 12.4 Å². The number of nitrogen functional groups attached to an aromatic ring is 1. The molecule has 3 aromatic rings. The lowest BCUT2D eigenvalue weighted by Crippen LogP contribution is -2.52. The summed E-state index contributed by atoms with van der Waals surface area (Å²) in [4.78, 5) is 42.8. The van der Waals surface area contributed by atoms with E-state index < -0.39 is 6.09 Å². The quantitative estimate of drug-likeness (QED) is 0.353. The van der Waals surface area contributed by atoms with Crippen LogP contribution in [0.3, 0.4) is 0 Å². The van der Waals surface area contributed by atoms with Crippen LogP contribution >= 0.6 is 0 Å². The Morgan fingerprint density at radius 3 is 2.51 bits per heavy atom. The van der Waals surface area contributed by atoms with Crippen LogP contribution in [0.2, 0.25) is 0 Å². The van der Waals surface area contributed by atoms with Crippen molar-refractivity contribution >= 4 is 29.3 Å². The fraction of sp³-hybridized carbons (Fsp3) is 0.571. The lowest BCUT2D eigenvalue weighted by Gasteiger charge is -2.37. The summed E-state index contributed by atoms with van der Waals surface area (Å²) in [5.41, 5.74) is 9.49. The predicted octanol–water partition coefficient (Wildman–Crippen LogP) is 2.85. The number of carbonyl (C=O) groups excluding carboxylic acids is 1. The number of piperazine rings is 1. The van der Waals surface area contributed by atoms with E-state index in [-0.39, 0.29) is 36.3 Å². The van der Waals surface area contributed by atoms with Crippen molar-refractivity contribution in [3.05, 3.63) is 35.3 Å². The van der Waals surface area contributed by atoms with Crippen LogP contribution < -0.4 is 15.4 Å². The van der Waals surface area contributed by atoms with Crippen molar-refractivity contribution in [3.63, 3.8) is 0 Å². The van der Waals surface area contributed by atoms with Crippen molar-refractivity contribution in [1.82, 2.24) is 34.4 Å². The molecule has 1 fully saturated rings. The highest BCUT2D eigenvalue weighted by molar-refractivity contribution is 5.82. The maximum atomic E-state index is 12.8. The van der Waals surface area contributed by atoms with Gasteiger partial charge in [0.15, 0.2) is 11.5 Å². The van der Waals surface area contributed by atoms with Gasteiger partial charge in [-0.2, -0.15) is 4.98 Å². The molecule has 1 saturated heterocycles. The summed E-state index contributed by atoms with van der Waals surface area (Å²) in [7, 11) is 0. The van der Waals surface area contributed by atoms with Gasteiger partial charge < -0.3 is 25.4 Å². The number of fused-ring (bicyclic) bond motifs is 1. The third kappa shape index (κ3) is 7.33. The molecular formula is C28H41N9O4. The fourth-order valence-electron chi connectivity index (χ4n) is 5.09. The second-order valence-corrected chi connectivity index (χ2v) is 11.1. The zero-order valence-electron chi connectivity index (χ0n) is 24.6. The summed E-state index contributed by atoms with van der Waals surface area (Å²) < 4.78 is 7.55. The van der Waals surface area contributed by atoms with Crippen LogP contribution in [-0.2, 0) is 11.2 Å². The minimum Gasteiger partial charge on any atom is -0.465 e. The van der Waals surface area contributed by atoms with Gasteiger partial charge in [0.25, 0.3) is 0 Å². The molecule has 222 valence electrons. The molecule has 4 heterocycles. The van der Waals surface area contributed by atoms with Crippen LogP contribution in [0.15, 0.2) is 18.5 Å². The number of aromatic nitrogens is 5. The molecule has 1 atom stereocenters. The molecule has 0 spiro atoms. The maximum Gasteiger partial charge on any atom is 0.407 e. The highest BCUT2D eigenvalue weighted by atomic mass is 16.5. The SMILES string of the molecule is CCCC(C)Oc1nc(N)c2ncc(Cc3cnc(N4CCN(C(=O)CN(CC(C)C)C(=O)O)CC4)c(C)c3)n2n1. The Bertz CT molecular complexity index is 1370. The Hall–Kier alpha value is -4.16. The first-order valence-corrected chi connectivity index (χ1v) is 14.2. The van der Waals surface area contributed by atoms with Crippen molar-refractivity contribution in [2.24, 2.45) is 5.92 Å². The van der Waals surface area contributed by atoms with Gasteiger partial charge in [-0.3, -0.25) is 9.69 Å². The van der Waals surface area contributed by atoms with E-state index in [1.807, 2.05) is 33.9 Å². The van der Waals surface area contributed by atoms with Crippen molar-refractivity contribution in [1.29, 1.82) is 0 Å². The number of carbonyl (C=O) groups is 2. The maximum absolute atomic E-state index is 12.8. The van der Waals surface area contributed by atoms with Gasteiger partial charge >= 0.3 is 12.1 Å². The average molecular weight is 568 g/mol. The number of ether oxygens (including phenoxy) is 1. The van der Waals surface area contributed by atoms with Crippen LogP contribution in [0.5, 0.6) is 6.01 Å². The van der Waals surface area contributed by atoms with E-state index in [1.165, 1.54) is 4.90 Å². The van der Waals surface area contributed by atoms with Gasteiger partial charge in [-0.15, -0.1) is 5.10 Å². The third-order valence-electron chi connectivity index (χ3n) is 7.05. The van der Waals surface area contributed by atoms with Crippen molar-refractivity contribution in [3.8, 4) is 6.01 Å². The number of hydrogen-bond donors (Lipinski definition) is 2. The summed E-state index contributed by atoms with van der Waals surface area (Å²) in [6.07, 6.45) is 4.94. The van der Waals surface area contributed by atoms with Gasteiger partial charge in [0, 0.05) is 45.3 Å². The molecule has 13 nitrogen and oxygen atoms in total. The Balaban J connectivity index is 1.40. The van der Waals surface area contributed by atoms with Gasteiger partial charge in [0.2, 0.25) is 5.91 Å². The Kier molecular flexibility index (Phi) is 9.46. The summed E-state index contributed by atoms with van der Waals surface area (Å²) in [6, 6.07) is 2.33. The van der Waals surface area contributed by atoms with Crippen LogP contribution in [0.1, 0.15) is 57.4 Å². The number of pyridine rings is 1. The second-order valence-electron chi connectivity index (χ2n) is 11.1. The Labute approximate surface area is 240 Å². The third-order valence-corrected chi connectivity index (χ3v) is 7.05. The molecule has 3 N–H and O–H groups in total. The van der Waals surface area contributed by atoms with E-state index in [1.54, 1.807) is 15.6 Å². The number of amides is 2. The molecule has 0 bridgehead atoms. The van der Waals surface area contributed by atoms with Gasteiger partial charge in [-0.05, 0) is 37.3 Å². The zero-order valence-corrected chi connectivity index (χ0v) is 24.6. The van der Waals surface area contributed by atoms with Gasteiger partial charge in [-0.25, -0.2) is 19.3 Å². The van der Waals surface area contributed by atoms with E-state index in [4.69, 9.17) is 15.5 Å². The van der Waals surface area contributed by atoms with Crippen molar-refractivity contribution in [2.45, 2.75) is 60.0 Å². The first kappa shape index (κ1) is 29.8. The molecular weight excluding hydrogens is 526 g/mol. The first-order valence-electron chi connectivity index (χ1n) is 14.2. The largest absolute Gasteiger partial charge is 0.465 e. The molecule has 2 amide bonds. The monoisotopic (exact) mass is 567 g/mol. The smallest absolute Gasteiger partial charge is 0.407 e. The molecule has 1 aliphatic heterocycles. The highest BCUT2D eigenvalue weighted by Gasteiger charge is 2.26. The van der Waals surface area contributed by atoms with Crippen molar-refractivity contribution in [2.75, 3.05) is 49.9 Å². The van der Waals surface area contributed by atoms with E-state index in [2.05, 4.69) is 33.0 Å². The number of carboxylic acid groups (broad SMARTS) is 1. The molecule has 0 saturated carbocycles. The topological polar surface area (TPSA) is 155 Å². The summed E-state index contributed by atoms with van der Waals surface area (Å²) in [5.74, 6) is 1.12. The van der Waals surface area contributed by atoms with Gasteiger partial charge in [0.05, 0.1) is 18.0 Å². The Morgan fingerprint density at radius 1 is 1.15 bits per heavy atom. The molecule has 0 radical (unpaired) electrons. The van der Waals surface area contributed by atoms with Crippen molar-refractivity contribution < 1.29 is 19.4 Å².